The number of nitrogens with zero attached hydrogens (tertiary/aromatic N) is 2. The predicted octanol–water partition coefficient (Wildman–Crippen LogP) is 4.85. The lowest BCUT2D eigenvalue weighted by atomic mass is 10.2. The van der Waals surface area contributed by atoms with Crippen LogP contribution in [0.25, 0.3) is 11.3 Å². The van der Waals surface area contributed by atoms with Crippen LogP contribution in [0.1, 0.15) is 5.56 Å². The van der Waals surface area contributed by atoms with Crippen LogP contribution in [0.3, 0.4) is 0 Å². The van der Waals surface area contributed by atoms with Gasteiger partial charge in [0.25, 0.3) is 0 Å². The van der Waals surface area contributed by atoms with E-state index in [1.54, 1.807) is 20.4 Å². The van der Waals surface area contributed by atoms with Crippen LogP contribution >= 0.6 is 28.3 Å². The SMILES string of the molecule is Br.COc1ccc(/C=N/Nc2nc(-c3ccccc3)cs2)cc1OC. The molecule has 5 nitrogen and oxygen atoms in total. The highest BCUT2D eigenvalue weighted by Gasteiger charge is 2.04. The van der Waals surface area contributed by atoms with Gasteiger partial charge in [0, 0.05) is 10.9 Å². The number of anilines is 1. The van der Waals surface area contributed by atoms with Gasteiger partial charge in [-0.1, -0.05) is 30.3 Å². The van der Waals surface area contributed by atoms with Crippen LogP contribution in [0.4, 0.5) is 5.13 Å². The zero-order chi connectivity index (χ0) is 16.8. The van der Waals surface area contributed by atoms with Crippen molar-refractivity contribution in [2.75, 3.05) is 19.6 Å². The Morgan fingerprint density at radius 3 is 2.52 bits per heavy atom. The number of hydrogen-bond acceptors (Lipinski definition) is 6. The Bertz CT molecular complexity index is 837. The van der Waals surface area contributed by atoms with Gasteiger partial charge in [-0.15, -0.1) is 28.3 Å². The van der Waals surface area contributed by atoms with Gasteiger partial charge in [0.05, 0.1) is 26.1 Å². The number of ether oxygens (including phenoxy) is 2. The average molecular weight is 420 g/mol. The molecule has 3 rings (SSSR count). The first kappa shape index (κ1) is 19.0. The molecule has 0 aliphatic rings. The summed E-state index contributed by atoms with van der Waals surface area (Å²) in [6.07, 6.45) is 1.71. The third-order valence-corrected chi connectivity index (χ3v) is 4.10. The number of rotatable bonds is 6. The van der Waals surface area contributed by atoms with Gasteiger partial charge in [-0.2, -0.15) is 5.10 Å². The first-order valence-corrected chi connectivity index (χ1v) is 8.20. The number of thiazole rings is 1. The molecule has 0 bridgehead atoms. The van der Waals surface area contributed by atoms with Crippen molar-refractivity contribution >= 4 is 39.7 Å². The molecule has 0 aliphatic carbocycles. The lowest BCUT2D eigenvalue weighted by Gasteiger charge is -2.07. The van der Waals surface area contributed by atoms with Crippen LogP contribution in [0.2, 0.25) is 0 Å². The molecule has 0 fully saturated rings. The molecule has 0 saturated carbocycles. The molecule has 3 aromatic rings. The fourth-order valence-corrected chi connectivity index (χ4v) is 2.83. The number of methoxy groups -OCH3 is 2. The molecule has 0 amide bonds. The van der Waals surface area contributed by atoms with Crippen molar-refractivity contribution in [3.05, 3.63) is 59.5 Å². The summed E-state index contributed by atoms with van der Waals surface area (Å²) in [7, 11) is 3.22. The maximum absolute atomic E-state index is 5.28. The van der Waals surface area contributed by atoms with E-state index in [0.717, 1.165) is 22.0 Å². The number of aromatic nitrogens is 1. The molecule has 25 heavy (non-hydrogen) atoms. The van der Waals surface area contributed by atoms with Gasteiger partial charge < -0.3 is 9.47 Å². The Morgan fingerprint density at radius 2 is 1.80 bits per heavy atom. The fraction of sp³-hybridized carbons (Fsp3) is 0.111. The molecule has 0 spiro atoms. The minimum Gasteiger partial charge on any atom is -0.493 e. The van der Waals surface area contributed by atoms with Gasteiger partial charge in [0.15, 0.2) is 11.5 Å². The maximum Gasteiger partial charge on any atom is 0.203 e. The summed E-state index contributed by atoms with van der Waals surface area (Å²) in [6.45, 7) is 0. The van der Waals surface area contributed by atoms with Crippen molar-refractivity contribution in [3.63, 3.8) is 0 Å². The Kier molecular flexibility index (Phi) is 6.97. The third-order valence-electron chi connectivity index (χ3n) is 3.36. The van der Waals surface area contributed by atoms with Crippen molar-refractivity contribution in [1.29, 1.82) is 0 Å². The maximum atomic E-state index is 5.28. The Hall–Kier alpha value is -2.38. The van der Waals surface area contributed by atoms with Crippen molar-refractivity contribution in [3.8, 4) is 22.8 Å². The summed E-state index contributed by atoms with van der Waals surface area (Å²) in [5.41, 5.74) is 5.88. The summed E-state index contributed by atoms with van der Waals surface area (Å²) in [5.74, 6) is 1.36. The number of hydrogen-bond donors (Lipinski definition) is 1. The van der Waals surface area contributed by atoms with Crippen LogP contribution in [-0.2, 0) is 0 Å². The monoisotopic (exact) mass is 419 g/mol. The Labute approximate surface area is 161 Å². The lowest BCUT2D eigenvalue weighted by molar-refractivity contribution is 0.355. The van der Waals surface area contributed by atoms with E-state index in [1.165, 1.54) is 11.3 Å². The van der Waals surface area contributed by atoms with Gasteiger partial charge in [-0.25, -0.2) is 4.98 Å². The molecule has 2 aromatic carbocycles. The number of halogens is 1. The molecule has 0 unspecified atom stereocenters. The molecule has 1 N–H and O–H groups in total. The van der Waals surface area contributed by atoms with Gasteiger partial charge in [0.2, 0.25) is 5.13 Å². The van der Waals surface area contributed by atoms with Gasteiger partial charge in [0.1, 0.15) is 0 Å². The van der Waals surface area contributed by atoms with Crippen LogP contribution in [0.5, 0.6) is 11.5 Å². The van der Waals surface area contributed by atoms with E-state index >= 15 is 0 Å². The highest BCUT2D eigenvalue weighted by molar-refractivity contribution is 8.93. The molecule has 1 heterocycles. The molecule has 130 valence electrons. The zero-order valence-corrected chi connectivity index (χ0v) is 16.3. The first-order valence-electron chi connectivity index (χ1n) is 7.32. The topological polar surface area (TPSA) is 55.7 Å². The van der Waals surface area contributed by atoms with E-state index in [9.17, 15) is 0 Å². The second-order valence-corrected chi connectivity index (χ2v) is 5.75. The van der Waals surface area contributed by atoms with Crippen LogP contribution in [0, 0.1) is 0 Å². The Balaban J connectivity index is 0.00000225. The standard InChI is InChI=1S/C18H17N3O2S.BrH/c1-22-16-9-8-13(10-17(16)23-2)11-19-21-18-20-15(12-24-18)14-6-4-3-5-7-14;/h3-12H,1-2H3,(H,20,21);1H/b19-11+;. The van der Waals surface area contributed by atoms with E-state index in [1.807, 2.05) is 53.9 Å². The summed E-state index contributed by atoms with van der Waals surface area (Å²) in [4.78, 5) is 4.52. The Morgan fingerprint density at radius 1 is 1.04 bits per heavy atom. The number of benzene rings is 2. The normalized spacial score (nSPS) is 10.3. The second kappa shape index (κ2) is 9.19. The minimum atomic E-state index is 0. The molecule has 0 saturated heterocycles. The summed E-state index contributed by atoms with van der Waals surface area (Å²) >= 11 is 1.51. The van der Waals surface area contributed by atoms with E-state index < -0.39 is 0 Å². The number of nitrogens with one attached hydrogen (secondary N) is 1. The van der Waals surface area contributed by atoms with Gasteiger partial charge in [-0.3, -0.25) is 5.43 Å². The lowest BCUT2D eigenvalue weighted by Crippen LogP contribution is -1.93. The highest BCUT2D eigenvalue weighted by atomic mass is 79.9. The molecular formula is C18H18BrN3O2S. The first-order chi connectivity index (χ1) is 11.8. The van der Waals surface area contributed by atoms with E-state index in [2.05, 4.69) is 15.5 Å². The minimum absolute atomic E-state index is 0. The van der Waals surface area contributed by atoms with Crippen molar-refractivity contribution < 1.29 is 9.47 Å². The van der Waals surface area contributed by atoms with E-state index in [0.29, 0.717) is 11.5 Å². The highest BCUT2D eigenvalue weighted by Crippen LogP contribution is 2.27. The van der Waals surface area contributed by atoms with Gasteiger partial charge >= 0.3 is 0 Å². The average Bonchev–Trinajstić information content (AvgIpc) is 3.11. The third kappa shape index (κ3) is 4.80. The molecule has 0 radical (unpaired) electrons. The van der Waals surface area contributed by atoms with Crippen molar-refractivity contribution in [2.24, 2.45) is 5.10 Å². The van der Waals surface area contributed by atoms with Crippen molar-refractivity contribution in [1.82, 2.24) is 4.98 Å². The predicted molar refractivity (Wildman–Crippen MR) is 109 cm³/mol. The van der Waals surface area contributed by atoms with E-state index in [-0.39, 0.29) is 17.0 Å². The second-order valence-electron chi connectivity index (χ2n) is 4.89. The number of hydrazone groups is 1. The molecule has 7 heteroatoms. The quantitative estimate of drug-likeness (QED) is 0.458. The summed E-state index contributed by atoms with van der Waals surface area (Å²) in [6, 6.07) is 15.7. The largest absolute Gasteiger partial charge is 0.493 e. The van der Waals surface area contributed by atoms with E-state index in [4.69, 9.17) is 9.47 Å². The van der Waals surface area contributed by atoms with Crippen LogP contribution in [-0.4, -0.2) is 25.4 Å². The smallest absolute Gasteiger partial charge is 0.203 e. The summed E-state index contributed by atoms with van der Waals surface area (Å²) in [5, 5.41) is 6.97. The zero-order valence-electron chi connectivity index (χ0n) is 13.8. The molecular weight excluding hydrogens is 402 g/mol. The summed E-state index contributed by atoms with van der Waals surface area (Å²) < 4.78 is 10.5. The van der Waals surface area contributed by atoms with Crippen LogP contribution in [0.15, 0.2) is 59.0 Å². The van der Waals surface area contributed by atoms with Crippen molar-refractivity contribution in [2.45, 2.75) is 0 Å². The fourth-order valence-electron chi connectivity index (χ4n) is 2.16. The molecule has 0 aliphatic heterocycles. The molecule has 0 atom stereocenters. The molecule has 1 aromatic heterocycles. The van der Waals surface area contributed by atoms with Gasteiger partial charge in [-0.05, 0) is 23.8 Å². The van der Waals surface area contributed by atoms with Crippen LogP contribution < -0.4 is 14.9 Å².